The fraction of sp³-hybridized carbons (Fsp3) is 0.250. The van der Waals surface area contributed by atoms with Gasteiger partial charge in [-0.15, -0.1) is 0 Å². The standard InChI is InChI=1S/C24H24N2O4/c1-24(2)16(11-14-3-5-15(6-4-14)23(28)29)7-9-19(22(24)27)20-13-26-30-21-12-17(25)8-10-18(20)21/h3-10,12,20,26H,11,13,25H2,1-2H3,(H,28,29). The van der Waals surface area contributed by atoms with Gasteiger partial charge in [-0.2, -0.15) is 5.48 Å². The van der Waals surface area contributed by atoms with Gasteiger partial charge in [0.2, 0.25) is 0 Å². The third-order valence-electron chi connectivity index (χ3n) is 5.95. The molecule has 2 aromatic carbocycles. The Morgan fingerprint density at radius 1 is 1.20 bits per heavy atom. The number of hydrogen-bond donors (Lipinski definition) is 3. The molecule has 0 radical (unpaired) electrons. The van der Waals surface area contributed by atoms with Crippen LogP contribution in [-0.2, 0) is 11.2 Å². The zero-order valence-corrected chi connectivity index (χ0v) is 16.9. The largest absolute Gasteiger partial charge is 0.478 e. The number of hydrogen-bond acceptors (Lipinski definition) is 5. The van der Waals surface area contributed by atoms with E-state index in [-0.39, 0.29) is 17.3 Å². The molecule has 0 spiro atoms. The number of aromatic carboxylic acids is 1. The highest BCUT2D eigenvalue weighted by molar-refractivity contribution is 6.04. The fourth-order valence-electron chi connectivity index (χ4n) is 4.04. The van der Waals surface area contributed by atoms with Crippen molar-refractivity contribution in [3.63, 3.8) is 0 Å². The van der Waals surface area contributed by atoms with Gasteiger partial charge in [-0.3, -0.25) is 4.79 Å². The molecule has 2 aliphatic rings. The summed E-state index contributed by atoms with van der Waals surface area (Å²) in [5, 5.41) is 9.07. The zero-order chi connectivity index (χ0) is 21.5. The number of carboxylic acids is 1. The van der Waals surface area contributed by atoms with E-state index in [1.807, 2.05) is 38.1 Å². The molecule has 0 amide bonds. The first-order chi connectivity index (χ1) is 14.3. The van der Waals surface area contributed by atoms with Crippen molar-refractivity contribution in [1.82, 2.24) is 5.48 Å². The predicted molar refractivity (Wildman–Crippen MR) is 114 cm³/mol. The third kappa shape index (κ3) is 3.50. The Morgan fingerprint density at radius 2 is 1.93 bits per heavy atom. The van der Waals surface area contributed by atoms with Crippen molar-refractivity contribution in [1.29, 1.82) is 0 Å². The van der Waals surface area contributed by atoms with Gasteiger partial charge >= 0.3 is 5.97 Å². The van der Waals surface area contributed by atoms with E-state index in [1.54, 1.807) is 30.3 Å². The van der Waals surface area contributed by atoms with Crippen LogP contribution in [0.2, 0.25) is 0 Å². The summed E-state index contributed by atoms with van der Waals surface area (Å²) in [5.74, 6) is -0.341. The summed E-state index contributed by atoms with van der Waals surface area (Å²) in [6.07, 6.45) is 4.52. The number of carbonyl (C=O) groups excluding carboxylic acids is 1. The normalized spacial score (nSPS) is 19.9. The van der Waals surface area contributed by atoms with Gasteiger partial charge in [-0.25, -0.2) is 4.79 Å². The second-order valence-corrected chi connectivity index (χ2v) is 8.25. The van der Waals surface area contributed by atoms with Crippen LogP contribution >= 0.6 is 0 Å². The van der Waals surface area contributed by atoms with Gasteiger partial charge in [0.05, 0.1) is 5.56 Å². The molecular weight excluding hydrogens is 380 g/mol. The number of nitrogens with one attached hydrogen (secondary N) is 1. The van der Waals surface area contributed by atoms with Crippen LogP contribution in [0.3, 0.4) is 0 Å². The second kappa shape index (κ2) is 7.46. The van der Waals surface area contributed by atoms with E-state index in [2.05, 4.69) is 5.48 Å². The number of fused-ring (bicyclic) bond motifs is 1. The molecule has 6 nitrogen and oxygen atoms in total. The van der Waals surface area contributed by atoms with Crippen LogP contribution in [-0.4, -0.2) is 23.4 Å². The number of Topliss-reactive ketones (excluding diaryl/α,β-unsaturated/α-hetero) is 1. The van der Waals surface area contributed by atoms with E-state index in [4.69, 9.17) is 15.7 Å². The lowest BCUT2D eigenvalue weighted by atomic mass is 9.69. The SMILES string of the molecule is CC1(C)C(=O)C(C2CNOc3cc(N)ccc32)=CC=C1Cc1ccc(C(=O)O)cc1. The molecule has 30 heavy (non-hydrogen) atoms. The zero-order valence-electron chi connectivity index (χ0n) is 16.9. The molecule has 4 N–H and O–H groups in total. The number of carboxylic acid groups (broad SMARTS) is 1. The highest BCUT2D eigenvalue weighted by atomic mass is 16.6. The fourth-order valence-corrected chi connectivity index (χ4v) is 4.04. The van der Waals surface area contributed by atoms with Crippen molar-refractivity contribution in [3.8, 4) is 5.75 Å². The Balaban J connectivity index is 1.65. The van der Waals surface area contributed by atoms with Gasteiger partial charge in [-0.05, 0) is 44.0 Å². The number of nitrogens with two attached hydrogens (primary N) is 1. The number of nitrogen functional groups attached to an aromatic ring is 1. The summed E-state index contributed by atoms with van der Waals surface area (Å²) in [6.45, 7) is 4.39. The lowest BCUT2D eigenvalue weighted by molar-refractivity contribution is -0.122. The first kappa shape index (κ1) is 19.9. The third-order valence-corrected chi connectivity index (χ3v) is 5.95. The molecular formula is C24H24N2O4. The second-order valence-electron chi connectivity index (χ2n) is 8.25. The molecule has 154 valence electrons. The number of rotatable bonds is 4. The molecule has 1 heterocycles. The molecule has 0 saturated heterocycles. The maximum Gasteiger partial charge on any atom is 0.335 e. The summed E-state index contributed by atoms with van der Waals surface area (Å²) in [4.78, 5) is 30.1. The van der Waals surface area contributed by atoms with Crippen LogP contribution in [0.5, 0.6) is 5.75 Å². The van der Waals surface area contributed by atoms with Crippen LogP contribution in [0, 0.1) is 5.41 Å². The molecule has 0 aromatic heterocycles. The Labute approximate surface area is 175 Å². The average molecular weight is 404 g/mol. The lowest BCUT2D eigenvalue weighted by Gasteiger charge is -2.35. The summed E-state index contributed by atoms with van der Waals surface area (Å²) in [6, 6.07) is 12.3. The first-order valence-electron chi connectivity index (χ1n) is 9.85. The molecule has 1 unspecified atom stereocenters. The van der Waals surface area contributed by atoms with E-state index < -0.39 is 11.4 Å². The monoisotopic (exact) mass is 404 g/mol. The number of anilines is 1. The topological polar surface area (TPSA) is 102 Å². The Kier molecular flexibility index (Phi) is 4.95. The van der Waals surface area contributed by atoms with E-state index >= 15 is 0 Å². The van der Waals surface area contributed by atoms with Crippen molar-refractivity contribution < 1.29 is 19.5 Å². The molecule has 2 aromatic rings. The van der Waals surface area contributed by atoms with Gasteiger partial charge in [0, 0.05) is 40.8 Å². The van der Waals surface area contributed by atoms with Crippen molar-refractivity contribution >= 4 is 17.4 Å². The highest BCUT2D eigenvalue weighted by Gasteiger charge is 2.40. The van der Waals surface area contributed by atoms with Crippen molar-refractivity contribution in [2.45, 2.75) is 26.2 Å². The molecule has 0 saturated carbocycles. The molecule has 0 bridgehead atoms. The number of ketones is 1. The molecule has 4 rings (SSSR count). The summed E-state index contributed by atoms with van der Waals surface area (Å²) < 4.78 is 0. The Hall–Kier alpha value is -3.38. The van der Waals surface area contributed by atoms with Crippen LogP contribution in [0.15, 0.2) is 65.8 Å². The summed E-state index contributed by atoms with van der Waals surface area (Å²) in [7, 11) is 0. The van der Waals surface area contributed by atoms with Crippen LogP contribution in [0.4, 0.5) is 5.69 Å². The minimum atomic E-state index is -0.950. The van der Waals surface area contributed by atoms with E-state index in [0.717, 1.165) is 22.3 Å². The molecule has 0 fully saturated rings. The van der Waals surface area contributed by atoms with E-state index in [0.29, 0.717) is 24.4 Å². The van der Waals surface area contributed by atoms with Crippen molar-refractivity contribution in [3.05, 3.63) is 82.5 Å². The van der Waals surface area contributed by atoms with E-state index in [9.17, 15) is 9.59 Å². The maximum absolute atomic E-state index is 13.5. The minimum Gasteiger partial charge on any atom is -0.478 e. The smallest absolute Gasteiger partial charge is 0.335 e. The van der Waals surface area contributed by atoms with Gasteiger partial charge in [0.15, 0.2) is 11.5 Å². The van der Waals surface area contributed by atoms with Crippen LogP contribution in [0.1, 0.15) is 41.3 Å². The Morgan fingerprint density at radius 3 is 2.63 bits per heavy atom. The van der Waals surface area contributed by atoms with Gasteiger partial charge in [0.25, 0.3) is 0 Å². The molecule has 1 atom stereocenters. The van der Waals surface area contributed by atoms with Gasteiger partial charge < -0.3 is 15.7 Å². The predicted octanol–water partition coefficient (Wildman–Crippen LogP) is 3.65. The van der Waals surface area contributed by atoms with Gasteiger partial charge in [0.1, 0.15) is 0 Å². The molecule has 6 heteroatoms. The summed E-state index contributed by atoms with van der Waals surface area (Å²) in [5.41, 5.74) is 12.6. The van der Waals surface area contributed by atoms with Crippen LogP contribution < -0.4 is 16.1 Å². The Bertz CT molecular complexity index is 1080. The van der Waals surface area contributed by atoms with E-state index in [1.165, 1.54) is 0 Å². The number of carbonyl (C=O) groups is 2. The minimum absolute atomic E-state index is 0.0821. The quantitative estimate of drug-likeness (QED) is 0.673. The van der Waals surface area contributed by atoms with Gasteiger partial charge in [-0.1, -0.05) is 35.9 Å². The maximum atomic E-state index is 13.5. The molecule has 1 aliphatic heterocycles. The lowest BCUT2D eigenvalue weighted by Crippen LogP contribution is -2.38. The van der Waals surface area contributed by atoms with Crippen molar-refractivity contribution in [2.75, 3.05) is 12.3 Å². The number of allylic oxidation sites excluding steroid dienone is 3. The van der Waals surface area contributed by atoms with Crippen molar-refractivity contribution in [2.24, 2.45) is 5.41 Å². The number of hydroxylamine groups is 1. The summed E-state index contributed by atoms with van der Waals surface area (Å²) >= 11 is 0. The average Bonchev–Trinajstić information content (AvgIpc) is 2.72. The highest BCUT2D eigenvalue weighted by Crippen LogP contribution is 2.43. The number of benzene rings is 2. The molecule has 1 aliphatic carbocycles. The first-order valence-corrected chi connectivity index (χ1v) is 9.85. The van der Waals surface area contributed by atoms with Crippen LogP contribution in [0.25, 0.3) is 0 Å².